The average molecular weight is 311 g/mol. The molecule has 7 nitrogen and oxygen atoms in total. The third-order valence-electron chi connectivity index (χ3n) is 2.46. The van der Waals surface area contributed by atoms with Crippen molar-refractivity contribution in [1.29, 1.82) is 0 Å². The van der Waals surface area contributed by atoms with Crippen LogP contribution in [-0.4, -0.2) is 32.1 Å². The van der Waals surface area contributed by atoms with Gasteiger partial charge in [0.05, 0.1) is 23.0 Å². The van der Waals surface area contributed by atoms with E-state index in [0.717, 1.165) is 12.3 Å². The molecule has 2 aromatic rings. The number of hydrogen-bond acceptors (Lipinski definition) is 5. The quantitative estimate of drug-likeness (QED) is 0.867. The number of aromatic carboxylic acids is 2. The van der Waals surface area contributed by atoms with Crippen LogP contribution in [0, 0.1) is 0 Å². The Balaban J connectivity index is 0.00000220. The molecule has 0 fully saturated rings. The highest BCUT2D eigenvalue weighted by Crippen LogP contribution is 2.14. The van der Waals surface area contributed by atoms with E-state index in [9.17, 15) is 9.59 Å². The van der Waals surface area contributed by atoms with Crippen molar-refractivity contribution < 1.29 is 24.5 Å². The predicted molar refractivity (Wildman–Crippen MR) is 74.0 cm³/mol. The van der Waals surface area contributed by atoms with Crippen molar-refractivity contribution in [3.8, 4) is 5.75 Å². The lowest BCUT2D eigenvalue weighted by molar-refractivity contribution is 0.0693. The van der Waals surface area contributed by atoms with Gasteiger partial charge < -0.3 is 14.9 Å². The van der Waals surface area contributed by atoms with Crippen molar-refractivity contribution in [3.05, 3.63) is 53.6 Å². The van der Waals surface area contributed by atoms with E-state index < -0.39 is 11.9 Å². The first-order chi connectivity index (χ1) is 9.58. The predicted octanol–water partition coefficient (Wildman–Crippen LogP) is 1.87. The molecule has 2 N–H and O–H groups in total. The highest BCUT2D eigenvalue weighted by molar-refractivity contribution is 5.94. The molecule has 0 aromatic carbocycles. The molecule has 0 amide bonds. The number of hydrogen-bond donors (Lipinski definition) is 2. The van der Waals surface area contributed by atoms with Gasteiger partial charge in [-0.25, -0.2) is 9.59 Å². The van der Waals surface area contributed by atoms with E-state index in [1.54, 1.807) is 18.3 Å². The molecular weight excluding hydrogens is 300 g/mol. The maximum absolute atomic E-state index is 11.1. The number of carbonyl (C=O) groups is 2. The van der Waals surface area contributed by atoms with E-state index >= 15 is 0 Å². The minimum Gasteiger partial charge on any atom is -0.486 e. The first kappa shape index (κ1) is 16.4. The summed E-state index contributed by atoms with van der Waals surface area (Å²) in [6.07, 6.45) is 4.15. The molecule has 0 spiro atoms. The first-order valence-electron chi connectivity index (χ1n) is 5.56. The lowest BCUT2D eigenvalue weighted by atomic mass is 10.1. The Bertz CT molecular complexity index is 648. The Hall–Kier alpha value is -2.67. The molecule has 2 aromatic heterocycles. The summed E-state index contributed by atoms with van der Waals surface area (Å²) in [6.45, 7) is -0.0901. The van der Waals surface area contributed by atoms with Gasteiger partial charge in [-0.1, -0.05) is 0 Å². The van der Waals surface area contributed by atoms with Gasteiger partial charge in [0.2, 0.25) is 0 Å². The molecule has 0 saturated heterocycles. The molecule has 0 radical (unpaired) electrons. The number of halogens is 1. The maximum atomic E-state index is 11.1. The zero-order valence-electron chi connectivity index (χ0n) is 10.6. The van der Waals surface area contributed by atoms with Gasteiger partial charge in [0.15, 0.2) is 0 Å². The van der Waals surface area contributed by atoms with Crippen LogP contribution in [0.25, 0.3) is 0 Å². The molecule has 110 valence electrons. The van der Waals surface area contributed by atoms with Gasteiger partial charge in [-0.2, -0.15) is 0 Å². The van der Waals surface area contributed by atoms with Crippen molar-refractivity contribution in [3.63, 3.8) is 0 Å². The summed E-state index contributed by atoms with van der Waals surface area (Å²) < 4.78 is 5.35. The molecule has 0 aliphatic rings. The van der Waals surface area contributed by atoms with Gasteiger partial charge in [0.25, 0.3) is 0 Å². The number of rotatable bonds is 5. The van der Waals surface area contributed by atoms with Crippen LogP contribution in [0.1, 0.15) is 26.4 Å². The summed E-state index contributed by atoms with van der Waals surface area (Å²) in [5.41, 5.74) is -0.243. The van der Waals surface area contributed by atoms with E-state index in [-0.39, 0.29) is 35.8 Å². The summed E-state index contributed by atoms with van der Waals surface area (Å²) in [7, 11) is 0. The van der Waals surface area contributed by atoms with E-state index in [1.165, 1.54) is 6.20 Å². The Labute approximate surface area is 125 Å². The highest BCUT2D eigenvalue weighted by atomic mass is 35.5. The topological polar surface area (TPSA) is 110 Å². The number of aromatic nitrogens is 2. The molecule has 0 unspecified atom stereocenters. The van der Waals surface area contributed by atoms with Crippen LogP contribution in [0.2, 0.25) is 0 Å². The number of ether oxygens (including phenoxy) is 1. The van der Waals surface area contributed by atoms with Crippen molar-refractivity contribution in [2.45, 2.75) is 6.61 Å². The number of carboxylic acid groups (broad SMARTS) is 2. The summed E-state index contributed by atoms with van der Waals surface area (Å²) >= 11 is 0. The minimum absolute atomic E-state index is 0. The Kier molecular flexibility index (Phi) is 5.62. The lowest BCUT2D eigenvalue weighted by Gasteiger charge is -2.08. The van der Waals surface area contributed by atoms with Gasteiger partial charge >= 0.3 is 11.9 Å². The average Bonchev–Trinajstić information content (AvgIpc) is 2.45. The molecule has 0 aliphatic carbocycles. The standard InChI is InChI=1S/C13H10N2O5.ClH/c16-12(17)8-4-10(13(18)19)11(15-5-8)7-20-9-2-1-3-14-6-9;/h1-6H,7H2,(H,16,17)(H,18,19);1H. The van der Waals surface area contributed by atoms with Crippen LogP contribution in [0.15, 0.2) is 36.8 Å². The van der Waals surface area contributed by atoms with Gasteiger partial charge in [-0.3, -0.25) is 9.97 Å². The molecular formula is C13H11ClN2O5. The molecule has 0 atom stereocenters. The second-order valence-corrected chi connectivity index (χ2v) is 3.81. The van der Waals surface area contributed by atoms with Crippen LogP contribution in [0.4, 0.5) is 0 Å². The summed E-state index contributed by atoms with van der Waals surface area (Å²) in [5.74, 6) is -2.03. The summed E-state index contributed by atoms with van der Waals surface area (Å²) in [6, 6.07) is 4.40. The van der Waals surface area contributed by atoms with Crippen LogP contribution >= 0.6 is 12.4 Å². The molecule has 2 heterocycles. The minimum atomic E-state index is -1.26. The van der Waals surface area contributed by atoms with Crippen molar-refractivity contribution >= 4 is 24.3 Å². The Morgan fingerprint density at radius 3 is 2.52 bits per heavy atom. The molecule has 0 saturated carbocycles. The third-order valence-corrected chi connectivity index (χ3v) is 2.46. The number of pyridine rings is 2. The molecule has 2 rings (SSSR count). The Morgan fingerprint density at radius 2 is 1.95 bits per heavy atom. The van der Waals surface area contributed by atoms with E-state index in [4.69, 9.17) is 14.9 Å². The number of carboxylic acids is 2. The van der Waals surface area contributed by atoms with E-state index in [2.05, 4.69) is 9.97 Å². The van der Waals surface area contributed by atoms with Crippen LogP contribution < -0.4 is 4.74 Å². The van der Waals surface area contributed by atoms with Gasteiger partial charge in [0, 0.05) is 12.4 Å². The zero-order valence-corrected chi connectivity index (χ0v) is 11.4. The number of nitrogens with zero attached hydrogens (tertiary/aromatic N) is 2. The van der Waals surface area contributed by atoms with Gasteiger partial charge in [-0.15, -0.1) is 12.4 Å². The highest BCUT2D eigenvalue weighted by Gasteiger charge is 2.15. The van der Waals surface area contributed by atoms with E-state index in [1.807, 2.05) is 0 Å². The second kappa shape index (κ2) is 7.20. The second-order valence-electron chi connectivity index (χ2n) is 3.81. The lowest BCUT2D eigenvalue weighted by Crippen LogP contribution is -2.11. The fourth-order valence-electron chi connectivity index (χ4n) is 1.49. The van der Waals surface area contributed by atoms with Crippen LogP contribution in [0.3, 0.4) is 0 Å². The Morgan fingerprint density at radius 1 is 1.19 bits per heavy atom. The van der Waals surface area contributed by atoms with Crippen LogP contribution in [-0.2, 0) is 6.61 Å². The third kappa shape index (κ3) is 4.15. The molecule has 8 heteroatoms. The first-order valence-corrected chi connectivity index (χ1v) is 5.56. The molecule has 0 aliphatic heterocycles. The fourth-order valence-corrected chi connectivity index (χ4v) is 1.49. The zero-order chi connectivity index (χ0) is 14.5. The van der Waals surface area contributed by atoms with Crippen LogP contribution in [0.5, 0.6) is 5.75 Å². The smallest absolute Gasteiger partial charge is 0.337 e. The van der Waals surface area contributed by atoms with E-state index in [0.29, 0.717) is 5.75 Å². The van der Waals surface area contributed by atoms with Gasteiger partial charge in [-0.05, 0) is 18.2 Å². The molecule has 0 bridgehead atoms. The fraction of sp³-hybridized carbons (Fsp3) is 0.0769. The normalized spacial score (nSPS) is 9.52. The van der Waals surface area contributed by atoms with Gasteiger partial charge in [0.1, 0.15) is 12.4 Å². The van der Waals surface area contributed by atoms with Crippen molar-refractivity contribution in [2.75, 3.05) is 0 Å². The SMILES string of the molecule is Cl.O=C(O)c1cnc(COc2cccnc2)c(C(=O)O)c1. The largest absolute Gasteiger partial charge is 0.486 e. The monoisotopic (exact) mass is 310 g/mol. The summed E-state index contributed by atoms with van der Waals surface area (Å²) in [5, 5.41) is 17.9. The van der Waals surface area contributed by atoms with Crippen molar-refractivity contribution in [1.82, 2.24) is 9.97 Å². The maximum Gasteiger partial charge on any atom is 0.337 e. The summed E-state index contributed by atoms with van der Waals surface area (Å²) in [4.78, 5) is 29.6. The van der Waals surface area contributed by atoms with Crippen molar-refractivity contribution in [2.24, 2.45) is 0 Å². The molecule has 21 heavy (non-hydrogen) atoms.